The normalized spacial score (nSPS) is 16.2. The van der Waals surface area contributed by atoms with E-state index in [0.717, 1.165) is 13.0 Å². The zero-order chi connectivity index (χ0) is 11.1. The molecule has 4 heteroatoms. The van der Waals surface area contributed by atoms with Gasteiger partial charge in [-0.15, -0.1) is 6.58 Å². The lowest BCUT2D eigenvalue weighted by Gasteiger charge is -2.32. The third-order valence-corrected chi connectivity index (χ3v) is 2.40. The van der Waals surface area contributed by atoms with Crippen LogP contribution in [0.5, 0.6) is 0 Å². The highest BCUT2D eigenvalue weighted by Gasteiger charge is 2.21. The maximum absolute atomic E-state index is 12.0. The number of carbonyl (C=O) groups is 1. The minimum Gasteiger partial charge on any atom is -0.378 e. The molecule has 0 atom stereocenters. The lowest BCUT2D eigenvalue weighted by molar-refractivity contribution is 0.0442. The zero-order valence-electron chi connectivity index (χ0n) is 9.45. The molecule has 0 aliphatic carbocycles. The van der Waals surface area contributed by atoms with Crippen LogP contribution < -0.4 is 0 Å². The zero-order valence-corrected chi connectivity index (χ0v) is 9.45. The third kappa shape index (κ3) is 3.55. The Morgan fingerprint density at radius 2 is 2.20 bits per heavy atom. The summed E-state index contributed by atoms with van der Waals surface area (Å²) in [6.45, 7) is 9.88. The first-order chi connectivity index (χ1) is 7.29. The Balaban J connectivity index is 2.48. The van der Waals surface area contributed by atoms with Crippen molar-refractivity contribution in [2.24, 2.45) is 0 Å². The molecule has 0 spiro atoms. The fraction of sp³-hybridized carbons (Fsp3) is 0.727. The molecule has 1 fully saturated rings. The van der Waals surface area contributed by atoms with E-state index in [2.05, 4.69) is 13.5 Å². The average molecular weight is 212 g/mol. The number of urea groups is 1. The number of morpholine rings is 1. The Bertz CT molecular complexity index is 213. The minimum absolute atomic E-state index is 0.111. The van der Waals surface area contributed by atoms with Crippen molar-refractivity contribution in [3.05, 3.63) is 12.7 Å². The highest BCUT2D eigenvalue weighted by molar-refractivity contribution is 5.74. The van der Waals surface area contributed by atoms with Gasteiger partial charge in [-0.2, -0.15) is 0 Å². The smallest absolute Gasteiger partial charge is 0.320 e. The number of hydrogen-bond acceptors (Lipinski definition) is 2. The van der Waals surface area contributed by atoms with Crippen LogP contribution in [0.25, 0.3) is 0 Å². The Kier molecular flexibility index (Phi) is 5.18. The van der Waals surface area contributed by atoms with Crippen molar-refractivity contribution >= 4 is 6.03 Å². The topological polar surface area (TPSA) is 32.8 Å². The lowest BCUT2D eigenvalue weighted by Crippen LogP contribution is -2.48. The lowest BCUT2D eigenvalue weighted by atomic mass is 10.4. The van der Waals surface area contributed by atoms with E-state index in [-0.39, 0.29) is 6.03 Å². The Morgan fingerprint density at radius 3 is 2.73 bits per heavy atom. The van der Waals surface area contributed by atoms with Gasteiger partial charge in [0.2, 0.25) is 0 Å². The van der Waals surface area contributed by atoms with E-state index in [1.807, 2.05) is 9.80 Å². The van der Waals surface area contributed by atoms with Crippen LogP contribution >= 0.6 is 0 Å². The summed E-state index contributed by atoms with van der Waals surface area (Å²) >= 11 is 0. The number of hydrogen-bond donors (Lipinski definition) is 0. The van der Waals surface area contributed by atoms with Gasteiger partial charge >= 0.3 is 6.03 Å². The molecule has 4 nitrogen and oxygen atoms in total. The summed E-state index contributed by atoms with van der Waals surface area (Å²) in [4.78, 5) is 15.7. The second-order valence-electron chi connectivity index (χ2n) is 3.62. The summed E-state index contributed by atoms with van der Waals surface area (Å²) < 4.78 is 5.22. The summed E-state index contributed by atoms with van der Waals surface area (Å²) in [6.07, 6.45) is 2.75. The number of rotatable bonds is 4. The van der Waals surface area contributed by atoms with Crippen LogP contribution in [0.2, 0.25) is 0 Å². The van der Waals surface area contributed by atoms with Gasteiger partial charge < -0.3 is 14.5 Å². The summed E-state index contributed by atoms with van der Waals surface area (Å²) in [7, 11) is 0. The molecular weight excluding hydrogens is 192 g/mol. The van der Waals surface area contributed by atoms with Crippen molar-refractivity contribution in [3.8, 4) is 0 Å². The molecular formula is C11H20N2O2. The molecule has 0 unspecified atom stereocenters. The summed E-state index contributed by atoms with van der Waals surface area (Å²) in [6, 6.07) is 0.111. The molecule has 0 aromatic rings. The minimum atomic E-state index is 0.111. The number of ether oxygens (including phenoxy) is 1. The molecule has 0 bridgehead atoms. The van der Waals surface area contributed by atoms with Crippen molar-refractivity contribution in [2.45, 2.75) is 13.3 Å². The van der Waals surface area contributed by atoms with E-state index >= 15 is 0 Å². The van der Waals surface area contributed by atoms with Gasteiger partial charge in [0.1, 0.15) is 0 Å². The first kappa shape index (κ1) is 12.0. The maximum atomic E-state index is 12.0. The van der Waals surface area contributed by atoms with Crippen LogP contribution in [0.1, 0.15) is 13.3 Å². The highest BCUT2D eigenvalue weighted by Crippen LogP contribution is 2.04. The van der Waals surface area contributed by atoms with E-state index in [0.29, 0.717) is 32.8 Å². The van der Waals surface area contributed by atoms with Gasteiger partial charge in [0.15, 0.2) is 0 Å². The molecule has 0 aromatic heterocycles. The summed E-state index contributed by atoms with van der Waals surface area (Å²) in [5.74, 6) is 0. The molecule has 0 saturated carbocycles. The van der Waals surface area contributed by atoms with Crippen molar-refractivity contribution < 1.29 is 9.53 Å². The van der Waals surface area contributed by atoms with Gasteiger partial charge in [-0.25, -0.2) is 4.79 Å². The van der Waals surface area contributed by atoms with Gasteiger partial charge in [-0.05, 0) is 6.42 Å². The molecule has 86 valence electrons. The first-order valence-electron chi connectivity index (χ1n) is 5.52. The molecule has 1 aliphatic heterocycles. The van der Waals surface area contributed by atoms with Crippen LogP contribution in [0.3, 0.4) is 0 Å². The number of amides is 2. The molecule has 0 N–H and O–H groups in total. The first-order valence-corrected chi connectivity index (χ1v) is 5.52. The standard InChI is InChI=1S/C11H20N2O2/c1-3-5-12(6-4-2)11(14)13-7-9-15-10-8-13/h3H,1,4-10H2,2H3. The van der Waals surface area contributed by atoms with Gasteiger partial charge in [0.25, 0.3) is 0 Å². The van der Waals surface area contributed by atoms with E-state index in [1.165, 1.54) is 0 Å². The summed E-state index contributed by atoms with van der Waals surface area (Å²) in [5, 5.41) is 0. The molecule has 0 aromatic carbocycles. The second kappa shape index (κ2) is 6.45. The van der Waals surface area contributed by atoms with Crippen molar-refractivity contribution in [1.29, 1.82) is 0 Å². The van der Waals surface area contributed by atoms with Crippen molar-refractivity contribution in [1.82, 2.24) is 9.80 Å². The van der Waals surface area contributed by atoms with E-state index < -0.39 is 0 Å². The number of nitrogens with zero attached hydrogens (tertiary/aromatic N) is 2. The Hall–Kier alpha value is -1.03. The van der Waals surface area contributed by atoms with Crippen molar-refractivity contribution in [3.63, 3.8) is 0 Å². The predicted octanol–water partition coefficient (Wildman–Crippen LogP) is 1.34. The molecule has 1 aliphatic rings. The maximum Gasteiger partial charge on any atom is 0.320 e. The molecule has 1 heterocycles. The van der Waals surface area contributed by atoms with E-state index in [1.54, 1.807) is 6.08 Å². The Morgan fingerprint density at radius 1 is 1.53 bits per heavy atom. The fourth-order valence-corrected chi connectivity index (χ4v) is 1.65. The van der Waals surface area contributed by atoms with Gasteiger partial charge in [-0.1, -0.05) is 13.0 Å². The monoisotopic (exact) mass is 212 g/mol. The Labute approximate surface area is 91.5 Å². The van der Waals surface area contributed by atoms with Gasteiger partial charge in [-0.3, -0.25) is 0 Å². The molecule has 15 heavy (non-hydrogen) atoms. The van der Waals surface area contributed by atoms with Crippen LogP contribution in [0.15, 0.2) is 12.7 Å². The van der Waals surface area contributed by atoms with Crippen LogP contribution in [0.4, 0.5) is 4.79 Å². The van der Waals surface area contributed by atoms with Gasteiger partial charge in [0, 0.05) is 26.2 Å². The molecule has 2 amide bonds. The van der Waals surface area contributed by atoms with Crippen LogP contribution in [-0.2, 0) is 4.74 Å². The predicted molar refractivity (Wildman–Crippen MR) is 59.8 cm³/mol. The van der Waals surface area contributed by atoms with Gasteiger partial charge in [0.05, 0.1) is 13.2 Å². The fourth-order valence-electron chi connectivity index (χ4n) is 1.65. The molecule has 1 saturated heterocycles. The number of carbonyl (C=O) groups excluding carboxylic acids is 1. The van der Waals surface area contributed by atoms with E-state index in [9.17, 15) is 4.79 Å². The van der Waals surface area contributed by atoms with E-state index in [4.69, 9.17) is 4.74 Å². The van der Waals surface area contributed by atoms with Crippen molar-refractivity contribution in [2.75, 3.05) is 39.4 Å². The SMILES string of the molecule is C=CCN(CCC)C(=O)N1CCOCC1. The quantitative estimate of drug-likeness (QED) is 0.659. The third-order valence-electron chi connectivity index (χ3n) is 2.40. The average Bonchev–Trinajstić information content (AvgIpc) is 2.29. The van der Waals surface area contributed by atoms with Crippen LogP contribution in [0, 0.1) is 0 Å². The highest BCUT2D eigenvalue weighted by atomic mass is 16.5. The van der Waals surface area contributed by atoms with Crippen LogP contribution in [-0.4, -0.2) is 55.2 Å². The largest absolute Gasteiger partial charge is 0.378 e. The second-order valence-corrected chi connectivity index (χ2v) is 3.62. The molecule has 0 radical (unpaired) electrons. The summed E-state index contributed by atoms with van der Waals surface area (Å²) in [5.41, 5.74) is 0. The molecule has 1 rings (SSSR count).